The summed E-state index contributed by atoms with van der Waals surface area (Å²) in [6.07, 6.45) is 6.00. The first kappa shape index (κ1) is 20.0. The third kappa shape index (κ3) is 3.57. The van der Waals surface area contributed by atoms with Crippen molar-refractivity contribution < 1.29 is 9.53 Å². The molecule has 2 bridgehead atoms. The first-order valence-electron chi connectivity index (χ1n) is 11.1. The van der Waals surface area contributed by atoms with Crippen LogP contribution >= 0.6 is 0 Å². The van der Waals surface area contributed by atoms with E-state index in [2.05, 4.69) is 24.1 Å². The third-order valence-corrected chi connectivity index (χ3v) is 6.78. The molecule has 0 spiro atoms. The summed E-state index contributed by atoms with van der Waals surface area (Å²) in [6, 6.07) is 10.8. The first-order valence-corrected chi connectivity index (χ1v) is 11.1. The van der Waals surface area contributed by atoms with Crippen molar-refractivity contribution in [1.29, 1.82) is 0 Å². The van der Waals surface area contributed by atoms with Crippen LogP contribution in [0.15, 0.2) is 36.5 Å². The number of nitrogens with zero attached hydrogens (tertiary/aromatic N) is 4. The van der Waals surface area contributed by atoms with Gasteiger partial charge in [-0.05, 0) is 50.5 Å². The van der Waals surface area contributed by atoms with E-state index >= 15 is 0 Å². The molecule has 3 unspecified atom stereocenters. The number of hydrogen-bond acceptors (Lipinski definition) is 5. The lowest BCUT2D eigenvalue weighted by molar-refractivity contribution is -0.123. The number of carbonyl (C=O) groups is 1. The van der Waals surface area contributed by atoms with Crippen LogP contribution in [0, 0.1) is 0 Å². The van der Waals surface area contributed by atoms with E-state index < -0.39 is 0 Å². The Balaban J connectivity index is 1.44. The summed E-state index contributed by atoms with van der Waals surface area (Å²) in [4.78, 5) is 19.6. The van der Waals surface area contributed by atoms with Crippen molar-refractivity contribution in [1.82, 2.24) is 24.8 Å². The first-order chi connectivity index (χ1) is 15.1. The highest BCUT2D eigenvalue weighted by Crippen LogP contribution is 2.43. The maximum atomic E-state index is 12.5. The van der Waals surface area contributed by atoms with E-state index in [4.69, 9.17) is 14.8 Å². The molecule has 1 fully saturated rings. The number of hydrogen-bond donors (Lipinski definition) is 1. The fraction of sp³-hybridized carbons (Fsp3) is 0.458. The molecule has 2 aromatic heterocycles. The Labute approximate surface area is 182 Å². The van der Waals surface area contributed by atoms with Gasteiger partial charge in [-0.25, -0.2) is 9.50 Å². The molecule has 5 rings (SSSR count). The monoisotopic (exact) mass is 419 g/mol. The van der Waals surface area contributed by atoms with Gasteiger partial charge in [-0.3, -0.25) is 9.69 Å². The summed E-state index contributed by atoms with van der Waals surface area (Å²) < 4.78 is 7.27. The van der Waals surface area contributed by atoms with Gasteiger partial charge in [0.15, 0.2) is 5.65 Å². The molecule has 0 saturated carbocycles. The normalized spacial score (nSPS) is 21.1. The number of aromatic nitrogens is 3. The van der Waals surface area contributed by atoms with Gasteiger partial charge in [0.05, 0.1) is 25.0 Å². The topological polar surface area (TPSA) is 71.8 Å². The van der Waals surface area contributed by atoms with Gasteiger partial charge in [-0.1, -0.05) is 6.92 Å². The van der Waals surface area contributed by atoms with Gasteiger partial charge in [0.2, 0.25) is 5.91 Å². The van der Waals surface area contributed by atoms with Crippen LogP contribution in [0.25, 0.3) is 16.9 Å². The fourth-order valence-electron chi connectivity index (χ4n) is 4.92. The molecule has 162 valence electrons. The summed E-state index contributed by atoms with van der Waals surface area (Å²) >= 11 is 0. The van der Waals surface area contributed by atoms with Gasteiger partial charge < -0.3 is 10.1 Å². The molecule has 3 aromatic rings. The number of fused-ring (bicyclic) bond motifs is 6. The van der Waals surface area contributed by atoms with Crippen molar-refractivity contribution in [3.8, 4) is 17.0 Å². The van der Waals surface area contributed by atoms with Crippen molar-refractivity contribution in [3.05, 3.63) is 47.8 Å². The number of nitrogens with one attached hydrogen (secondary N) is 1. The second kappa shape index (κ2) is 7.96. The van der Waals surface area contributed by atoms with Crippen LogP contribution in [-0.4, -0.2) is 51.1 Å². The van der Waals surface area contributed by atoms with Crippen molar-refractivity contribution in [2.75, 3.05) is 13.7 Å². The zero-order valence-electron chi connectivity index (χ0n) is 18.3. The molecular formula is C24H29N5O2. The van der Waals surface area contributed by atoms with Gasteiger partial charge in [-0.2, -0.15) is 5.10 Å². The Hall–Kier alpha value is -2.93. The van der Waals surface area contributed by atoms with Gasteiger partial charge in [-0.15, -0.1) is 0 Å². The fourth-order valence-corrected chi connectivity index (χ4v) is 4.92. The van der Waals surface area contributed by atoms with E-state index in [1.165, 1.54) is 11.3 Å². The number of benzene rings is 1. The van der Waals surface area contributed by atoms with E-state index in [9.17, 15) is 4.79 Å². The number of amides is 1. The quantitative estimate of drug-likeness (QED) is 0.663. The molecule has 1 aromatic carbocycles. The maximum absolute atomic E-state index is 12.5. The maximum Gasteiger partial charge on any atom is 0.234 e. The van der Waals surface area contributed by atoms with Crippen LogP contribution in [0.1, 0.15) is 50.4 Å². The summed E-state index contributed by atoms with van der Waals surface area (Å²) in [5, 5.41) is 8.01. The number of carbonyl (C=O) groups excluding carboxylic acids is 1. The highest BCUT2D eigenvalue weighted by molar-refractivity contribution is 5.78. The second-order valence-corrected chi connectivity index (χ2v) is 8.69. The van der Waals surface area contributed by atoms with Gasteiger partial charge in [0.1, 0.15) is 5.75 Å². The largest absolute Gasteiger partial charge is 0.497 e. The average molecular weight is 420 g/mol. The molecule has 1 amide bonds. The molecule has 4 heterocycles. The lowest BCUT2D eigenvalue weighted by atomic mass is 9.99. The van der Waals surface area contributed by atoms with E-state index in [1.54, 1.807) is 7.11 Å². The zero-order chi connectivity index (χ0) is 21.5. The predicted octanol–water partition coefficient (Wildman–Crippen LogP) is 3.38. The highest BCUT2D eigenvalue weighted by atomic mass is 16.5. The van der Waals surface area contributed by atoms with Crippen LogP contribution in [0.2, 0.25) is 0 Å². The SMILES string of the molecule is CCC(C)NC(=O)CN1C2CCC1c1cnc3cc(-c4ccc(OC)cc4)nn3c1C2. The Morgan fingerprint density at radius 2 is 2.10 bits per heavy atom. The minimum atomic E-state index is 0.115. The summed E-state index contributed by atoms with van der Waals surface area (Å²) in [5.74, 6) is 0.946. The minimum absolute atomic E-state index is 0.115. The number of ether oxygens (including phenoxy) is 1. The third-order valence-electron chi connectivity index (χ3n) is 6.78. The zero-order valence-corrected chi connectivity index (χ0v) is 18.3. The Morgan fingerprint density at radius 1 is 1.29 bits per heavy atom. The number of rotatable bonds is 6. The van der Waals surface area contributed by atoms with Crippen LogP contribution in [0.3, 0.4) is 0 Å². The summed E-state index contributed by atoms with van der Waals surface area (Å²) in [6.45, 7) is 4.59. The van der Waals surface area contributed by atoms with Gasteiger partial charge in [0, 0.05) is 47.9 Å². The molecule has 2 aliphatic rings. The molecular weight excluding hydrogens is 390 g/mol. The van der Waals surface area contributed by atoms with Crippen molar-refractivity contribution in [3.63, 3.8) is 0 Å². The van der Waals surface area contributed by atoms with E-state index in [1.807, 2.05) is 41.0 Å². The second-order valence-electron chi connectivity index (χ2n) is 8.69. The molecule has 3 atom stereocenters. The predicted molar refractivity (Wildman–Crippen MR) is 119 cm³/mol. The molecule has 1 N–H and O–H groups in total. The minimum Gasteiger partial charge on any atom is -0.497 e. The Morgan fingerprint density at radius 3 is 2.84 bits per heavy atom. The Bertz CT molecular complexity index is 1110. The van der Waals surface area contributed by atoms with E-state index in [-0.39, 0.29) is 18.0 Å². The van der Waals surface area contributed by atoms with Gasteiger partial charge >= 0.3 is 0 Å². The lowest BCUT2D eigenvalue weighted by Crippen LogP contribution is -2.46. The standard InChI is InChI=1S/C24H29N5O2/c1-4-15(2)26-24(30)14-28-17-7-10-21(28)19-13-25-23-12-20(27-29(23)22(19)11-17)16-5-8-18(31-3)9-6-16/h5-6,8-9,12-13,15,17,21H,4,7,10-11,14H2,1-3H3,(H,26,30). The van der Waals surface area contributed by atoms with Crippen molar-refractivity contribution >= 4 is 11.6 Å². The Kier molecular flexibility index (Phi) is 5.14. The van der Waals surface area contributed by atoms with E-state index in [0.717, 1.165) is 48.3 Å². The summed E-state index contributed by atoms with van der Waals surface area (Å²) in [7, 11) is 1.67. The molecule has 31 heavy (non-hydrogen) atoms. The molecule has 2 aliphatic heterocycles. The molecule has 0 aliphatic carbocycles. The van der Waals surface area contributed by atoms with Crippen LogP contribution < -0.4 is 10.1 Å². The molecule has 1 saturated heterocycles. The number of methoxy groups -OCH3 is 1. The van der Waals surface area contributed by atoms with Crippen LogP contribution in [0.4, 0.5) is 0 Å². The van der Waals surface area contributed by atoms with Crippen LogP contribution in [0.5, 0.6) is 5.75 Å². The highest BCUT2D eigenvalue weighted by Gasteiger charge is 2.42. The smallest absolute Gasteiger partial charge is 0.234 e. The van der Waals surface area contributed by atoms with E-state index in [0.29, 0.717) is 12.6 Å². The molecule has 7 nitrogen and oxygen atoms in total. The summed E-state index contributed by atoms with van der Waals surface area (Å²) in [5.41, 5.74) is 5.26. The molecule has 7 heteroatoms. The average Bonchev–Trinajstić information content (AvgIpc) is 3.33. The van der Waals surface area contributed by atoms with Crippen LogP contribution in [-0.2, 0) is 11.2 Å². The molecule has 0 radical (unpaired) electrons. The van der Waals surface area contributed by atoms with Crippen molar-refractivity contribution in [2.45, 2.75) is 57.7 Å². The lowest BCUT2D eigenvalue weighted by Gasteiger charge is -2.35. The van der Waals surface area contributed by atoms with Crippen molar-refractivity contribution in [2.24, 2.45) is 0 Å². The van der Waals surface area contributed by atoms with Gasteiger partial charge in [0.25, 0.3) is 0 Å².